The number of carbonyl (C=O) groups excluding carboxylic acids is 1. The Bertz CT molecular complexity index is 1590. The van der Waals surface area contributed by atoms with Gasteiger partial charge in [-0.1, -0.05) is 104 Å². The predicted octanol–water partition coefficient (Wildman–Crippen LogP) is 6.27. The van der Waals surface area contributed by atoms with Crippen LogP contribution in [0.15, 0.2) is 103 Å². The molecule has 0 aliphatic carbocycles. The molecule has 2 fully saturated rings. The summed E-state index contributed by atoms with van der Waals surface area (Å²) in [5.41, 5.74) is 7.53. The van der Waals surface area contributed by atoms with Crippen molar-refractivity contribution in [3.63, 3.8) is 0 Å². The highest BCUT2D eigenvalue weighted by Gasteiger charge is 2.39. The van der Waals surface area contributed by atoms with E-state index < -0.39 is 6.29 Å². The average molecular weight is 649 g/mol. The van der Waals surface area contributed by atoms with Gasteiger partial charge in [-0.2, -0.15) is 0 Å². The van der Waals surface area contributed by atoms with Gasteiger partial charge in [0.15, 0.2) is 6.29 Å². The summed E-state index contributed by atoms with van der Waals surface area (Å²) in [6.07, 6.45) is -0.662. The number of nitrogens with one attached hydrogen (secondary N) is 2. The van der Waals surface area contributed by atoms with Crippen molar-refractivity contribution < 1.29 is 19.4 Å². The monoisotopic (exact) mass is 648 g/mol. The molecule has 4 aromatic carbocycles. The molecule has 6 rings (SSSR count). The smallest absolute Gasteiger partial charge is 0.315 e. The van der Waals surface area contributed by atoms with Gasteiger partial charge in [0.25, 0.3) is 0 Å². The molecule has 2 aliphatic rings. The SMILES string of the molecule is CCNC(=O)NCc1cccc(-c2ccc([C@@H]3O[C@H](CN4CCN(Cc5ccccc5)CC4)[C@H](C)[C@H](c4ccc(CO)cc4)O3)cc2)c1. The molecule has 0 radical (unpaired) electrons. The minimum atomic E-state index is -0.505. The topological polar surface area (TPSA) is 86.3 Å². The van der Waals surface area contributed by atoms with Crippen LogP contribution in [-0.4, -0.2) is 66.3 Å². The molecular formula is C40H48N4O4. The predicted molar refractivity (Wildman–Crippen MR) is 189 cm³/mol. The van der Waals surface area contributed by atoms with Crippen LogP contribution in [0.3, 0.4) is 0 Å². The van der Waals surface area contributed by atoms with Crippen molar-refractivity contribution in [1.29, 1.82) is 0 Å². The van der Waals surface area contributed by atoms with Gasteiger partial charge in [-0.25, -0.2) is 4.79 Å². The van der Waals surface area contributed by atoms with Crippen LogP contribution in [0.25, 0.3) is 11.1 Å². The molecule has 4 atom stereocenters. The van der Waals surface area contributed by atoms with E-state index in [1.54, 1.807) is 0 Å². The van der Waals surface area contributed by atoms with Crippen LogP contribution >= 0.6 is 0 Å². The van der Waals surface area contributed by atoms with Gasteiger partial charge in [0.05, 0.1) is 18.8 Å². The summed E-state index contributed by atoms with van der Waals surface area (Å²) < 4.78 is 13.5. The number of hydrogen-bond acceptors (Lipinski definition) is 6. The molecule has 252 valence electrons. The van der Waals surface area contributed by atoms with E-state index in [-0.39, 0.29) is 30.8 Å². The molecule has 8 heteroatoms. The zero-order chi connectivity index (χ0) is 33.3. The molecule has 2 saturated heterocycles. The van der Waals surface area contributed by atoms with E-state index in [4.69, 9.17) is 9.47 Å². The van der Waals surface area contributed by atoms with E-state index in [1.165, 1.54) is 5.56 Å². The lowest BCUT2D eigenvalue weighted by Gasteiger charge is -2.44. The molecule has 3 N–H and O–H groups in total. The van der Waals surface area contributed by atoms with Crippen LogP contribution < -0.4 is 10.6 Å². The van der Waals surface area contributed by atoms with Gasteiger partial charge in [0.2, 0.25) is 0 Å². The van der Waals surface area contributed by atoms with E-state index in [2.05, 4.69) is 106 Å². The van der Waals surface area contributed by atoms with Gasteiger partial charge < -0.3 is 25.2 Å². The first-order chi connectivity index (χ1) is 23.5. The Kier molecular flexibility index (Phi) is 11.5. The van der Waals surface area contributed by atoms with Gasteiger partial charge in [-0.05, 0) is 46.4 Å². The number of benzene rings is 4. The maximum absolute atomic E-state index is 11.9. The van der Waals surface area contributed by atoms with Crippen molar-refractivity contribution in [3.05, 3.63) is 131 Å². The lowest BCUT2D eigenvalue weighted by Crippen LogP contribution is -2.51. The number of nitrogens with zero attached hydrogens (tertiary/aromatic N) is 2. The van der Waals surface area contributed by atoms with Crippen molar-refractivity contribution in [1.82, 2.24) is 20.4 Å². The first-order valence-corrected chi connectivity index (χ1v) is 17.2. The van der Waals surface area contributed by atoms with Crippen molar-refractivity contribution in [2.24, 2.45) is 5.92 Å². The van der Waals surface area contributed by atoms with Gasteiger partial charge in [0.1, 0.15) is 0 Å². The van der Waals surface area contributed by atoms with E-state index in [0.717, 1.165) is 72.6 Å². The number of amides is 2. The summed E-state index contributed by atoms with van der Waals surface area (Å²) in [5, 5.41) is 15.3. The highest BCUT2D eigenvalue weighted by atomic mass is 16.7. The number of urea groups is 1. The summed E-state index contributed by atoms with van der Waals surface area (Å²) in [7, 11) is 0. The lowest BCUT2D eigenvalue weighted by atomic mass is 9.89. The van der Waals surface area contributed by atoms with Gasteiger partial charge in [0, 0.05) is 63.8 Å². The number of piperazine rings is 1. The third kappa shape index (κ3) is 8.69. The average Bonchev–Trinajstić information content (AvgIpc) is 3.13. The number of hydrogen-bond donors (Lipinski definition) is 3. The zero-order valence-corrected chi connectivity index (χ0v) is 28.1. The molecule has 2 heterocycles. The largest absolute Gasteiger partial charge is 0.392 e. The van der Waals surface area contributed by atoms with Crippen LogP contribution in [0.2, 0.25) is 0 Å². The van der Waals surface area contributed by atoms with Gasteiger partial charge in [-0.3, -0.25) is 9.80 Å². The Hall–Kier alpha value is -4.05. The van der Waals surface area contributed by atoms with Crippen molar-refractivity contribution >= 4 is 6.03 Å². The lowest BCUT2D eigenvalue weighted by molar-refractivity contribution is -0.276. The van der Waals surface area contributed by atoms with Crippen molar-refractivity contribution in [3.8, 4) is 11.1 Å². The number of aliphatic hydroxyl groups excluding tert-OH is 1. The molecule has 48 heavy (non-hydrogen) atoms. The minimum Gasteiger partial charge on any atom is -0.392 e. The van der Waals surface area contributed by atoms with Crippen LogP contribution in [0.1, 0.15) is 54.1 Å². The first-order valence-electron chi connectivity index (χ1n) is 17.2. The molecule has 0 aromatic heterocycles. The zero-order valence-electron chi connectivity index (χ0n) is 28.1. The second-order valence-corrected chi connectivity index (χ2v) is 12.9. The molecule has 2 aliphatic heterocycles. The number of ether oxygens (including phenoxy) is 2. The van der Waals surface area contributed by atoms with Crippen LogP contribution in [0.4, 0.5) is 4.79 Å². The van der Waals surface area contributed by atoms with Crippen LogP contribution in [0.5, 0.6) is 0 Å². The second-order valence-electron chi connectivity index (χ2n) is 12.9. The molecule has 0 saturated carbocycles. The van der Waals surface area contributed by atoms with Crippen LogP contribution in [0, 0.1) is 5.92 Å². The maximum Gasteiger partial charge on any atom is 0.315 e. The van der Waals surface area contributed by atoms with Crippen molar-refractivity contribution in [2.45, 2.75) is 52.0 Å². The van der Waals surface area contributed by atoms with E-state index in [1.807, 2.05) is 31.2 Å². The highest BCUT2D eigenvalue weighted by Crippen LogP contribution is 2.42. The Morgan fingerprint density at radius 1 is 0.750 bits per heavy atom. The molecular weight excluding hydrogens is 600 g/mol. The minimum absolute atomic E-state index is 0.0132. The maximum atomic E-state index is 11.9. The Morgan fingerprint density at radius 3 is 2.15 bits per heavy atom. The molecule has 0 bridgehead atoms. The number of aliphatic hydroxyl groups is 1. The second kappa shape index (κ2) is 16.4. The highest BCUT2D eigenvalue weighted by molar-refractivity contribution is 5.73. The fourth-order valence-electron chi connectivity index (χ4n) is 6.65. The summed E-state index contributed by atoms with van der Waals surface area (Å²) in [5.74, 6) is 0.138. The summed E-state index contributed by atoms with van der Waals surface area (Å²) >= 11 is 0. The third-order valence-electron chi connectivity index (χ3n) is 9.51. The molecule has 4 aromatic rings. The fraction of sp³-hybridized carbons (Fsp3) is 0.375. The van der Waals surface area contributed by atoms with E-state index in [0.29, 0.717) is 13.1 Å². The summed E-state index contributed by atoms with van der Waals surface area (Å²) in [6.45, 7) is 11.1. The quantitative estimate of drug-likeness (QED) is 0.178. The molecule has 0 spiro atoms. The van der Waals surface area contributed by atoms with Gasteiger partial charge >= 0.3 is 6.03 Å². The van der Waals surface area contributed by atoms with E-state index >= 15 is 0 Å². The third-order valence-corrected chi connectivity index (χ3v) is 9.51. The molecule has 2 amide bonds. The number of carbonyl (C=O) groups is 1. The molecule has 0 unspecified atom stereocenters. The Morgan fingerprint density at radius 2 is 1.44 bits per heavy atom. The molecule has 8 nitrogen and oxygen atoms in total. The Labute approximate surface area is 284 Å². The Balaban J connectivity index is 1.15. The number of rotatable bonds is 11. The summed E-state index contributed by atoms with van der Waals surface area (Å²) in [6, 6.07) is 35.3. The van der Waals surface area contributed by atoms with E-state index in [9.17, 15) is 9.90 Å². The first kappa shape index (κ1) is 33.8. The van der Waals surface area contributed by atoms with Crippen molar-refractivity contribution in [2.75, 3.05) is 39.3 Å². The fourth-order valence-corrected chi connectivity index (χ4v) is 6.65. The van der Waals surface area contributed by atoms with Crippen LogP contribution in [-0.2, 0) is 29.2 Å². The standard InChI is InChI=1S/C40H48N4O4/c1-3-41-40(46)42-25-32-10-7-11-36(24-32)33-16-18-35(19-17-33)39-47-37(29(2)38(48-39)34-14-12-31(28-45)13-15-34)27-44-22-20-43(21-23-44)26-30-8-5-4-6-9-30/h4-19,24,29,37-39,45H,3,20-23,25-28H2,1-2H3,(H2,41,42,46)/t29-,37+,38+,39+/m0/s1. The summed E-state index contributed by atoms with van der Waals surface area (Å²) in [4.78, 5) is 16.9. The normalized spacial score (nSPS) is 21.9. The van der Waals surface area contributed by atoms with Gasteiger partial charge in [-0.15, -0.1) is 0 Å².